The normalized spacial score (nSPS) is 13.5. The molecule has 0 radical (unpaired) electrons. The number of nitrogens with two attached hydrogens (primary N) is 1. The van der Waals surface area contributed by atoms with Gasteiger partial charge in [-0.1, -0.05) is 19.9 Å². The Hall–Kier alpha value is -1.42. The van der Waals surface area contributed by atoms with E-state index >= 15 is 0 Å². The molecule has 0 saturated heterocycles. The molecule has 15 heavy (non-hydrogen) atoms. The van der Waals surface area contributed by atoms with Crippen molar-refractivity contribution in [1.29, 1.82) is 0 Å². The lowest BCUT2D eigenvalue weighted by atomic mass is 9.80. The Bertz CT molecular complexity index is 336. The van der Waals surface area contributed by atoms with Gasteiger partial charge < -0.3 is 10.8 Å². The summed E-state index contributed by atoms with van der Waals surface area (Å²) in [5, 5.41) is 8.75. The Morgan fingerprint density at radius 3 is 2.80 bits per heavy atom. The van der Waals surface area contributed by atoms with Crippen LogP contribution in [0.15, 0.2) is 24.5 Å². The Balaban J connectivity index is 2.80. The van der Waals surface area contributed by atoms with Crippen LogP contribution in [0, 0.1) is 0 Å². The van der Waals surface area contributed by atoms with E-state index in [2.05, 4.69) is 4.98 Å². The van der Waals surface area contributed by atoms with Crippen LogP contribution < -0.4 is 5.73 Å². The van der Waals surface area contributed by atoms with Gasteiger partial charge in [0.2, 0.25) is 0 Å². The molecule has 1 rings (SSSR count). The van der Waals surface area contributed by atoms with Gasteiger partial charge in [-0.2, -0.15) is 0 Å². The van der Waals surface area contributed by atoms with Crippen LogP contribution in [-0.2, 0) is 10.2 Å². The third-order valence-electron chi connectivity index (χ3n) is 2.49. The number of carboxylic acids is 1. The first kappa shape index (κ1) is 11.7. The number of aromatic nitrogens is 1. The first-order valence-electron chi connectivity index (χ1n) is 4.82. The third kappa shape index (κ3) is 3.02. The molecular weight excluding hydrogens is 192 g/mol. The summed E-state index contributed by atoms with van der Waals surface area (Å²) in [5.41, 5.74) is 6.25. The molecule has 4 nitrogen and oxygen atoms in total. The molecule has 1 aromatic heterocycles. The minimum absolute atomic E-state index is 0.272. The highest BCUT2D eigenvalue weighted by Crippen LogP contribution is 2.27. The Morgan fingerprint density at radius 1 is 1.67 bits per heavy atom. The topological polar surface area (TPSA) is 76.2 Å². The lowest BCUT2D eigenvalue weighted by Gasteiger charge is -2.26. The second kappa shape index (κ2) is 4.40. The van der Waals surface area contributed by atoms with E-state index in [0.717, 1.165) is 5.56 Å². The van der Waals surface area contributed by atoms with Crippen molar-refractivity contribution in [2.24, 2.45) is 5.73 Å². The fraction of sp³-hybridized carbons (Fsp3) is 0.455. The predicted octanol–water partition coefficient (Wildman–Crippen LogP) is 1.16. The van der Waals surface area contributed by atoms with Gasteiger partial charge in [0.1, 0.15) is 6.04 Å². The molecule has 82 valence electrons. The van der Waals surface area contributed by atoms with Gasteiger partial charge in [-0.15, -0.1) is 0 Å². The molecular formula is C11H16N2O2. The second-order valence-corrected chi connectivity index (χ2v) is 4.27. The van der Waals surface area contributed by atoms with Crippen molar-refractivity contribution < 1.29 is 9.90 Å². The van der Waals surface area contributed by atoms with Crippen molar-refractivity contribution in [3.63, 3.8) is 0 Å². The zero-order chi connectivity index (χ0) is 11.5. The molecule has 0 saturated carbocycles. The van der Waals surface area contributed by atoms with Gasteiger partial charge in [0.15, 0.2) is 0 Å². The van der Waals surface area contributed by atoms with Crippen LogP contribution in [0.5, 0.6) is 0 Å². The van der Waals surface area contributed by atoms with Gasteiger partial charge in [-0.3, -0.25) is 9.78 Å². The summed E-state index contributed by atoms with van der Waals surface area (Å²) < 4.78 is 0. The molecule has 1 heterocycles. The van der Waals surface area contributed by atoms with Crippen LogP contribution in [-0.4, -0.2) is 22.1 Å². The number of carbonyl (C=O) groups is 1. The highest BCUT2D eigenvalue weighted by atomic mass is 16.4. The van der Waals surface area contributed by atoms with Gasteiger partial charge in [-0.05, 0) is 23.5 Å². The first-order chi connectivity index (χ1) is 6.93. The SMILES string of the molecule is CC(C)(CC(N)C(=O)O)c1cccnc1. The monoisotopic (exact) mass is 208 g/mol. The molecule has 0 aromatic carbocycles. The Morgan fingerprint density at radius 2 is 2.33 bits per heavy atom. The average Bonchev–Trinajstić information content (AvgIpc) is 2.18. The lowest BCUT2D eigenvalue weighted by molar-refractivity contribution is -0.139. The molecule has 0 aliphatic heterocycles. The van der Waals surface area contributed by atoms with E-state index in [-0.39, 0.29) is 5.41 Å². The van der Waals surface area contributed by atoms with Crippen LogP contribution in [0.2, 0.25) is 0 Å². The quantitative estimate of drug-likeness (QED) is 0.778. The number of pyridine rings is 1. The molecule has 1 aromatic rings. The molecule has 0 fully saturated rings. The number of hydrogen-bond donors (Lipinski definition) is 2. The van der Waals surface area contributed by atoms with Crippen molar-refractivity contribution in [3.05, 3.63) is 30.1 Å². The molecule has 0 aliphatic carbocycles. The van der Waals surface area contributed by atoms with Crippen LogP contribution in [0.4, 0.5) is 0 Å². The van der Waals surface area contributed by atoms with E-state index in [1.165, 1.54) is 0 Å². The largest absolute Gasteiger partial charge is 0.480 e. The van der Waals surface area contributed by atoms with Gasteiger partial charge in [-0.25, -0.2) is 0 Å². The molecule has 1 atom stereocenters. The first-order valence-corrected chi connectivity index (χ1v) is 4.82. The van der Waals surface area contributed by atoms with E-state index in [0.29, 0.717) is 6.42 Å². The van der Waals surface area contributed by atoms with Crippen molar-refractivity contribution in [2.45, 2.75) is 31.7 Å². The number of nitrogens with zero attached hydrogens (tertiary/aromatic N) is 1. The zero-order valence-corrected chi connectivity index (χ0v) is 8.97. The number of carboxylic acid groups (broad SMARTS) is 1. The average molecular weight is 208 g/mol. The third-order valence-corrected chi connectivity index (χ3v) is 2.49. The fourth-order valence-corrected chi connectivity index (χ4v) is 1.52. The summed E-state index contributed by atoms with van der Waals surface area (Å²) in [7, 11) is 0. The number of rotatable bonds is 4. The van der Waals surface area contributed by atoms with Crippen molar-refractivity contribution in [2.75, 3.05) is 0 Å². The fourth-order valence-electron chi connectivity index (χ4n) is 1.52. The van der Waals surface area contributed by atoms with Crippen LogP contribution in [0.3, 0.4) is 0 Å². The molecule has 0 amide bonds. The maximum atomic E-state index is 10.7. The van der Waals surface area contributed by atoms with Gasteiger partial charge in [0, 0.05) is 12.4 Å². The van der Waals surface area contributed by atoms with Gasteiger partial charge in [0.05, 0.1) is 0 Å². The van der Waals surface area contributed by atoms with Crippen molar-refractivity contribution in [1.82, 2.24) is 4.98 Å². The maximum Gasteiger partial charge on any atom is 0.320 e. The summed E-state index contributed by atoms with van der Waals surface area (Å²) >= 11 is 0. The predicted molar refractivity (Wildman–Crippen MR) is 57.5 cm³/mol. The standard InChI is InChI=1S/C11H16N2O2/c1-11(2,6-9(12)10(14)15)8-4-3-5-13-7-8/h3-5,7,9H,6,12H2,1-2H3,(H,14,15). The summed E-state index contributed by atoms with van der Waals surface area (Å²) in [6.07, 6.45) is 3.83. The maximum absolute atomic E-state index is 10.7. The minimum atomic E-state index is -0.966. The zero-order valence-electron chi connectivity index (χ0n) is 8.97. The Kier molecular flexibility index (Phi) is 3.42. The van der Waals surface area contributed by atoms with E-state index < -0.39 is 12.0 Å². The molecule has 0 spiro atoms. The minimum Gasteiger partial charge on any atom is -0.480 e. The summed E-state index contributed by atoms with van der Waals surface area (Å²) in [5.74, 6) is -0.966. The highest BCUT2D eigenvalue weighted by molar-refractivity contribution is 5.73. The van der Waals surface area contributed by atoms with Crippen molar-refractivity contribution >= 4 is 5.97 Å². The highest BCUT2D eigenvalue weighted by Gasteiger charge is 2.26. The molecule has 4 heteroatoms. The number of hydrogen-bond acceptors (Lipinski definition) is 3. The van der Waals surface area contributed by atoms with Crippen LogP contribution in [0.1, 0.15) is 25.8 Å². The summed E-state index contributed by atoms with van der Waals surface area (Å²) in [4.78, 5) is 14.7. The van der Waals surface area contributed by atoms with E-state index in [1.54, 1.807) is 12.4 Å². The van der Waals surface area contributed by atoms with Gasteiger partial charge >= 0.3 is 5.97 Å². The number of aliphatic carboxylic acids is 1. The smallest absolute Gasteiger partial charge is 0.320 e. The summed E-state index contributed by atoms with van der Waals surface area (Å²) in [6, 6.07) is 2.94. The molecule has 1 unspecified atom stereocenters. The van der Waals surface area contributed by atoms with Crippen molar-refractivity contribution in [3.8, 4) is 0 Å². The van der Waals surface area contributed by atoms with Crippen LogP contribution in [0.25, 0.3) is 0 Å². The molecule has 0 aliphatic rings. The molecule has 0 bridgehead atoms. The van der Waals surface area contributed by atoms with E-state index in [4.69, 9.17) is 10.8 Å². The van der Waals surface area contributed by atoms with E-state index in [9.17, 15) is 4.79 Å². The van der Waals surface area contributed by atoms with Gasteiger partial charge in [0.25, 0.3) is 0 Å². The van der Waals surface area contributed by atoms with Crippen LogP contribution >= 0.6 is 0 Å². The van der Waals surface area contributed by atoms with E-state index in [1.807, 2.05) is 26.0 Å². The lowest BCUT2D eigenvalue weighted by Crippen LogP contribution is -2.36. The molecule has 3 N–H and O–H groups in total. The Labute approximate surface area is 89.1 Å². The second-order valence-electron chi connectivity index (χ2n) is 4.27. The summed E-state index contributed by atoms with van der Waals surface area (Å²) in [6.45, 7) is 3.93.